The van der Waals surface area contributed by atoms with Gasteiger partial charge in [-0.2, -0.15) is 5.26 Å². The van der Waals surface area contributed by atoms with E-state index in [0.29, 0.717) is 27.3 Å². The number of nitrogens with one attached hydrogen (secondary N) is 2. The number of benzene rings is 1. The third-order valence-corrected chi connectivity index (χ3v) is 4.78. The fourth-order valence-corrected chi connectivity index (χ4v) is 3.51. The van der Waals surface area contributed by atoms with Crippen LogP contribution in [0.15, 0.2) is 41.3 Å². The number of hydrogen-bond donors (Lipinski definition) is 2. The molecule has 0 aliphatic rings. The number of aromatic nitrogens is 2. The molecule has 0 aliphatic carbocycles. The van der Waals surface area contributed by atoms with Gasteiger partial charge in [-0.3, -0.25) is 4.79 Å². The highest BCUT2D eigenvalue weighted by atomic mass is 32.2. The first-order valence-electron chi connectivity index (χ1n) is 6.78. The summed E-state index contributed by atoms with van der Waals surface area (Å²) >= 11 is 2.73. The highest BCUT2D eigenvalue weighted by Crippen LogP contribution is 2.29. The van der Waals surface area contributed by atoms with Crippen molar-refractivity contribution in [3.63, 3.8) is 0 Å². The third-order valence-electron chi connectivity index (χ3n) is 2.71. The molecule has 0 spiro atoms. The molecule has 118 valence electrons. The summed E-state index contributed by atoms with van der Waals surface area (Å²) in [4.78, 5) is 12.2. The van der Waals surface area contributed by atoms with Gasteiger partial charge in [0, 0.05) is 12.2 Å². The van der Waals surface area contributed by atoms with Crippen LogP contribution in [0, 0.1) is 11.3 Å². The quantitative estimate of drug-likeness (QED) is 0.592. The predicted molar refractivity (Wildman–Crippen MR) is 93.7 cm³/mol. The van der Waals surface area contributed by atoms with Gasteiger partial charge in [0.25, 0.3) is 0 Å². The van der Waals surface area contributed by atoms with Crippen molar-refractivity contribution in [2.45, 2.75) is 16.5 Å². The summed E-state index contributed by atoms with van der Waals surface area (Å²) in [6.07, 6.45) is 1.74. The molecular formula is C15H15N5OS2. The van der Waals surface area contributed by atoms with Gasteiger partial charge in [0.1, 0.15) is 0 Å². The summed E-state index contributed by atoms with van der Waals surface area (Å²) in [6.45, 7) is 6.04. The molecule has 1 aromatic heterocycles. The Balaban J connectivity index is 1.93. The number of thioether (sulfide) groups is 1. The lowest BCUT2D eigenvalue weighted by Gasteiger charge is -2.10. The third kappa shape index (κ3) is 5.09. The molecule has 1 amide bonds. The van der Waals surface area contributed by atoms with E-state index in [1.54, 1.807) is 37.3 Å². The molecule has 2 N–H and O–H groups in total. The molecule has 0 saturated heterocycles. The van der Waals surface area contributed by atoms with Crippen LogP contribution in [-0.4, -0.2) is 27.9 Å². The Hall–Kier alpha value is -2.37. The predicted octanol–water partition coefficient (Wildman–Crippen LogP) is 3.13. The maximum atomic E-state index is 12.2. The van der Waals surface area contributed by atoms with Gasteiger partial charge in [0.05, 0.1) is 16.9 Å². The molecule has 2 rings (SSSR count). The molecule has 1 aromatic carbocycles. The summed E-state index contributed by atoms with van der Waals surface area (Å²) in [5.41, 5.74) is 1.11. The van der Waals surface area contributed by atoms with Gasteiger partial charge in [0.15, 0.2) is 4.34 Å². The van der Waals surface area contributed by atoms with E-state index in [1.165, 1.54) is 23.1 Å². The van der Waals surface area contributed by atoms with Gasteiger partial charge in [-0.25, -0.2) is 0 Å². The Morgan fingerprint density at radius 2 is 2.39 bits per heavy atom. The maximum absolute atomic E-state index is 12.2. The van der Waals surface area contributed by atoms with E-state index in [0.717, 1.165) is 0 Å². The van der Waals surface area contributed by atoms with E-state index in [2.05, 4.69) is 27.4 Å². The maximum Gasteiger partial charge on any atom is 0.237 e. The van der Waals surface area contributed by atoms with Crippen LogP contribution < -0.4 is 10.6 Å². The lowest BCUT2D eigenvalue weighted by Crippen LogP contribution is -2.22. The van der Waals surface area contributed by atoms with Crippen molar-refractivity contribution >= 4 is 39.8 Å². The average Bonchev–Trinajstić information content (AvgIpc) is 3.00. The number of carbonyl (C=O) groups excluding carboxylic acids is 1. The van der Waals surface area contributed by atoms with Crippen molar-refractivity contribution in [1.82, 2.24) is 10.2 Å². The van der Waals surface area contributed by atoms with Crippen molar-refractivity contribution in [3.05, 3.63) is 42.5 Å². The minimum Gasteiger partial charge on any atom is -0.357 e. The molecule has 6 nitrogen and oxygen atoms in total. The first-order chi connectivity index (χ1) is 11.1. The molecule has 0 fully saturated rings. The summed E-state index contributed by atoms with van der Waals surface area (Å²) in [6, 6.07) is 8.84. The number of anilines is 2. The second kappa shape index (κ2) is 8.31. The van der Waals surface area contributed by atoms with Crippen LogP contribution in [0.25, 0.3) is 0 Å². The van der Waals surface area contributed by atoms with E-state index >= 15 is 0 Å². The number of hydrogen-bond acceptors (Lipinski definition) is 7. The van der Waals surface area contributed by atoms with Crippen LogP contribution in [-0.2, 0) is 4.79 Å². The second-order valence-corrected chi connectivity index (χ2v) is 7.05. The highest BCUT2D eigenvalue weighted by Gasteiger charge is 2.17. The largest absolute Gasteiger partial charge is 0.357 e. The van der Waals surface area contributed by atoms with E-state index in [-0.39, 0.29) is 11.2 Å². The van der Waals surface area contributed by atoms with Crippen LogP contribution in [0.1, 0.15) is 12.5 Å². The van der Waals surface area contributed by atoms with Crippen molar-refractivity contribution < 1.29 is 4.79 Å². The number of nitrogens with zero attached hydrogens (tertiary/aromatic N) is 3. The van der Waals surface area contributed by atoms with Crippen molar-refractivity contribution in [3.8, 4) is 6.07 Å². The Morgan fingerprint density at radius 3 is 3.13 bits per heavy atom. The molecule has 0 radical (unpaired) electrons. The molecule has 0 unspecified atom stereocenters. The molecule has 2 aromatic rings. The highest BCUT2D eigenvalue weighted by molar-refractivity contribution is 8.02. The van der Waals surface area contributed by atoms with E-state index < -0.39 is 0 Å². The van der Waals surface area contributed by atoms with E-state index in [9.17, 15) is 4.79 Å². The van der Waals surface area contributed by atoms with E-state index in [1.807, 2.05) is 6.07 Å². The fraction of sp³-hybridized carbons (Fsp3) is 0.200. The van der Waals surface area contributed by atoms with Crippen molar-refractivity contribution in [2.24, 2.45) is 0 Å². The van der Waals surface area contributed by atoms with Crippen LogP contribution in [0.2, 0.25) is 0 Å². The molecule has 23 heavy (non-hydrogen) atoms. The van der Waals surface area contributed by atoms with Crippen LogP contribution in [0.5, 0.6) is 0 Å². The van der Waals surface area contributed by atoms with Gasteiger partial charge < -0.3 is 10.6 Å². The lowest BCUT2D eigenvalue weighted by molar-refractivity contribution is -0.115. The lowest BCUT2D eigenvalue weighted by atomic mass is 10.2. The van der Waals surface area contributed by atoms with Gasteiger partial charge in [-0.15, -0.1) is 16.8 Å². The summed E-state index contributed by atoms with van der Waals surface area (Å²) < 4.78 is 0.713. The first kappa shape index (κ1) is 17.0. The topological polar surface area (TPSA) is 90.7 Å². The SMILES string of the molecule is C=CCNc1nnc(S[C@@H](C)C(=O)Nc2cccc(C#N)c2)s1. The van der Waals surface area contributed by atoms with E-state index in [4.69, 9.17) is 5.26 Å². The average molecular weight is 345 g/mol. The van der Waals surface area contributed by atoms with Crippen molar-refractivity contribution in [2.75, 3.05) is 17.2 Å². The zero-order valence-electron chi connectivity index (χ0n) is 12.4. The standard InChI is InChI=1S/C15H15N5OS2/c1-3-7-17-14-19-20-15(23-14)22-10(2)13(21)18-12-6-4-5-11(8-12)9-16/h3-6,8,10H,1,7H2,2H3,(H,17,19)(H,18,21)/t10-/m0/s1. The normalized spacial score (nSPS) is 11.3. The molecule has 8 heteroatoms. The molecule has 1 heterocycles. The fourth-order valence-electron chi connectivity index (χ4n) is 1.60. The first-order valence-corrected chi connectivity index (χ1v) is 8.48. The molecule has 0 aliphatic heterocycles. The minimum absolute atomic E-state index is 0.152. The Labute approximate surface area is 142 Å². The van der Waals surface area contributed by atoms with Gasteiger partial charge in [-0.05, 0) is 25.1 Å². The summed E-state index contributed by atoms with van der Waals surface area (Å²) in [5.74, 6) is -0.152. The monoisotopic (exact) mass is 345 g/mol. The number of nitriles is 1. The smallest absolute Gasteiger partial charge is 0.237 e. The van der Waals surface area contributed by atoms with Crippen molar-refractivity contribution in [1.29, 1.82) is 5.26 Å². The molecular weight excluding hydrogens is 330 g/mol. The number of rotatable bonds is 7. The van der Waals surface area contributed by atoms with Gasteiger partial charge in [0.2, 0.25) is 11.0 Å². The Morgan fingerprint density at radius 1 is 1.57 bits per heavy atom. The number of carbonyl (C=O) groups is 1. The van der Waals surface area contributed by atoms with Gasteiger partial charge >= 0.3 is 0 Å². The molecule has 0 saturated carbocycles. The van der Waals surface area contributed by atoms with Crippen LogP contribution in [0.4, 0.5) is 10.8 Å². The Kier molecular flexibility index (Phi) is 6.14. The molecule has 0 bridgehead atoms. The number of amides is 1. The second-order valence-electron chi connectivity index (χ2n) is 4.48. The molecule has 1 atom stereocenters. The van der Waals surface area contributed by atoms with Crippen LogP contribution >= 0.6 is 23.1 Å². The zero-order valence-corrected chi connectivity index (χ0v) is 14.1. The summed E-state index contributed by atoms with van der Waals surface area (Å²) in [7, 11) is 0. The minimum atomic E-state index is -0.332. The Bertz CT molecular complexity index is 737. The summed E-state index contributed by atoms with van der Waals surface area (Å²) in [5, 5.41) is 23.1. The zero-order chi connectivity index (χ0) is 16.7. The van der Waals surface area contributed by atoms with Gasteiger partial charge in [-0.1, -0.05) is 35.2 Å². The van der Waals surface area contributed by atoms with Crippen LogP contribution in [0.3, 0.4) is 0 Å².